The van der Waals surface area contributed by atoms with Gasteiger partial charge in [0.25, 0.3) is 5.91 Å². The van der Waals surface area contributed by atoms with Gasteiger partial charge in [0.2, 0.25) is 5.91 Å². The van der Waals surface area contributed by atoms with Crippen molar-refractivity contribution < 1.29 is 9.59 Å². The first-order chi connectivity index (χ1) is 13.8. The summed E-state index contributed by atoms with van der Waals surface area (Å²) < 4.78 is 0. The smallest absolute Gasteiger partial charge is 0.268 e. The monoisotopic (exact) mass is 428 g/mol. The number of halogens is 1. The number of benzene rings is 2. The standard InChI is InChI=1S/C23H25ClN2O2S/c1-15(2)12-21(27)26-10-11-29-23(26)19-13-18(24)8-9-20(19)25(22(23)28)14-17-6-4-16(3)5-7-17/h4-9,13,15H,10-12,14H2,1-3H3/t23-/m1/s1. The van der Waals surface area contributed by atoms with Gasteiger partial charge in [-0.15, -0.1) is 11.8 Å². The number of nitrogens with zero attached hydrogens (tertiary/aromatic N) is 2. The average Bonchev–Trinajstić information content (AvgIpc) is 3.20. The predicted molar refractivity (Wildman–Crippen MR) is 119 cm³/mol. The van der Waals surface area contributed by atoms with Crippen molar-refractivity contribution >= 4 is 40.9 Å². The van der Waals surface area contributed by atoms with Gasteiger partial charge in [-0.2, -0.15) is 0 Å². The predicted octanol–water partition coefficient (Wildman–Crippen LogP) is 4.97. The first-order valence-corrected chi connectivity index (χ1v) is 11.3. The topological polar surface area (TPSA) is 40.6 Å². The van der Waals surface area contributed by atoms with Crippen LogP contribution in [0.25, 0.3) is 0 Å². The Morgan fingerprint density at radius 1 is 1.21 bits per heavy atom. The van der Waals surface area contributed by atoms with Crippen molar-refractivity contribution in [3.05, 3.63) is 64.2 Å². The number of thioether (sulfide) groups is 1. The number of amides is 2. The Kier molecular flexibility index (Phi) is 5.38. The number of anilines is 1. The molecule has 2 amide bonds. The van der Waals surface area contributed by atoms with E-state index in [1.165, 1.54) is 5.56 Å². The van der Waals surface area contributed by atoms with Crippen LogP contribution in [0.4, 0.5) is 5.69 Å². The number of rotatable bonds is 4. The van der Waals surface area contributed by atoms with Crippen LogP contribution in [-0.2, 0) is 21.0 Å². The molecule has 0 aliphatic carbocycles. The molecule has 0 radical (unpaired) electrons. The summed E-state index contributed by atoms with van der Waals surface area (Å²) >= 11 is 7.87. The third-order valence-electron chi connectivity index (χ3n) is 5.50. The summed E-state index contributed by atoms with van der Waals surface area (Å²) in [6.45, 7) is 7.15. The van der Waals surface area contributed by atoms with Crippen LogP contribution in [0.1, 0.15) is 37.0 Å². The molecule has 4 rings (SSSR count). The summed E-state index contributed by atoms with van der Waals surface area (Å²) in [5, 5.41) is 0.580. The SMILES string of the molecule is Cc1ccc(CN2C(=O)[C@]3(SCCN3C(=O)CC(C)C)c3cc(Cl)ccc32)cc1. The van der Waals surface area contributed by atoms with Crippen molar-refractivity contribution in [2.75, 3.05) is 17.2 Å². The van der Waals surface area contributed by atoms with Gasteiger partial charge in [-0.05, 0) is 36.6 Å². The van der Waals surface area contributed by atoms with Crippen LogP contribution < -0.4 is 4.90 Å². The van der Waals surface area contributed by atoms with Gasteiger partial charge in [0, 0.05) is 29.3 Å². The van der Waals surface area contributed by atoms with Crippen LogP contribution in [0.5, 0.6) is 0 Å². The molecule has 0 saturated carbocycles. The highest BCUT2D eigenvalue weighted by atomic mass is 35.5. The summed E-state index contributed by atoms with van der Waals surface area (Å²) in [7, 11) is 0. The molecule has 1 saturated heterocycles. The molecule has 0 unspecified atom stereocenters. The maximum atomic E-state index is 13.8. The van der Waals surface area contributed by atoms with E-state index in [1.54, 1.807) is 16.7 Å². The van der Waals surface area contributed by atoms with Crippen molar-refractivity contribution in [1.82, 2.24) is 4.90 Å². The van der Waals surface area contributed by atoms with Crippen LogP contribution in [-0.4, -0.2) is 29.0 Å². The Bertz CT molecular complexity index is 960. The molecule has 2 heterocycles. The highest BCUT2D eigenvalue weighted by molar-refractivity contribution is 8.01. The van der Waals surface area contributed by atoms with Gasteiger partial charge in [0.05, 0.1) is 12.2 Å². The zero-order valence-electron chi connectivity index (χ0n) is 16.9. The van der Waals surface area contributed by atoms with Crippen LogP contribution >= 0.6 is 23.4 Å². The zero-order valence-corrected chi connectivity index (χ0v) is 18.5. The van der Waals surface area contributed by atoms with Gasteiger partial charge < -0.3 is 9.80 Å². The molecule has 29 heavy (non-hydrogen) atoms. The lowest BCUT2D eigenvalue weighted by Gasteiger charge is -2.33. The number of carbonyl (C=O) groups is 2. The fraction of sp³-hybridized carbons (Fsp3) is 0.391. The molecule has 2 aliphatic heterocycles. The van der Waals surface area contributed by atoms with E-state index in [1.807, 2.05) is 56.0 Å². The van der Waals surface area contributed by atoms with Gasteiger partial charge in [-0.1, -0.05) is 55.3 Å². The van der Waals surface area contributed by atoms with Crippen molar-refractivity contribution in [3.63, 3.8) is 0 Å². The maximum absolute atomic E-state index is 13.8. The lowest BCUT2D eigenvalue weighted by molar-refractivity contribution is -0.140. The van der Waals surface area contributed by atoms with E-state index in [2.05, 4.69) is 12.1 Å². The molecule has 1 fully saturated rings. The molecule has 2 aromatic rings. The lowest BCUT2D eigenvalue weighted by atomic mass is 10.0. The van der Waals surface area contributed by atoms with Crippen LogP contribution in [0.15, 0.2) is 42.5 Å². The van der Waals surface area contributed by atoms with Gasteiger partial charge in [-0.25, -0.2) is 0 Å². The molecular formula is C23H25ClN2O2S. The second-order valence-electron chi connectivity index (χ2n) is 8.17. The molecule has 0 aromatic heterocycles. The largest absolute Gasteiger partial charge is 0.315 e. The minimum absolute atomic E-state index is 0.0291. The molecule has 0 bridgehead atoms. The second-order valence-corrected chi connectivity index (χ2v) is 9.90. The van der Waals surface area contributed by atoms with E-state index in [9.17, 15) is 9.59 Å². The normalized spacial score (nSPS) is 20.8. The minimum Gasteiger partial charge on any atom is -0.315 e. The summed E-state index contributed by atoms with van der Waals surface area (Å²) in [5.41, 5.74) is 3.92. The van der Waals surface area contributed by atoms with Crippen LogP contribution in [0.2, 0.25) is 5.02 Å². The first kappa shape index (κ1) is 20.3. The Hall–Kier alpha value is -1.98. The number of carbonyl (C=O) groups excluding carboxylic acids is 2. The quantitative estimate of drug-likeness (QED) is 0.690. The highest BCUT2D eigenvalue weighted by Crippen LogP contribution is 2.55. The molecule has 1 spiro atoms. The van der Waals surface area contributed by atoms with Gasteiger partial charge in [0.15, 0.2) is 4.87 Å². The van der Waals surface area contributed by atoms with E-state index >= 15 is 0 Å². The van der Waals surface area contributed by atoms with Crippen molar-refractivity contribution in [3.8, 4) is 0 Å². The summed E-state index contributed by atoms with van der Waals surface area (Å²) in [5.74, 6) is 0.959. The molecule has 4 nitrogen and oxygen atoms in total. The Labute approximate surface area is 181 Å². The van der Waals surface area contributed by atoms with E-state index in [0.29, 0.717) is 24.5 Å². The fourth-order valence-electron chi connectivity index (χ4n) is 4.14. The molecule has 6 heteroatoms. The van der Waals surface area contributed by atoms with E-state index < -0.39 is 4.87 Å². The van der Waals surface area contributed by atoms with E-state index in [4.69, 9.17) is 11.6 Å². The third kappa shape index (κ3) is 3.44. The molecule has 1 atom stereocenters. The summed E-state index contributed by atoms with van der Waals surface area (Å²) in [6.07, 6.45) is 0.434. The van der Waals surface area contributed by atoms with Crippen molar-refractivity contribution in [2.24, 2.45) is 5.92 Å². The number of aryl methyl sites for hydroxylation is 1. The molecule has 0 N–H and O–H groups in total. The Balaban J connectivity index is 1.77. The van der Waals surface area contributed by atoms with Gasteiger partial charge >= 0.3 is 0 Å². The minimum atomic E-state index is -1.00. The highest BCUT2D eigenvalue weighted by Gasteiger charge is 2.59. The van der Waals surface area contributed by atoms with Crippen LogP contribution in [0.3, 0.4) is 0 Å². The number of fused-ring (bicyclic) bond motifs is 2. The molecular weight excluding hydrogens is 404 g/mol. The fourth-order valence-corrected chi connectivity index (χ4v) is 5.78. The van der Waals surface area contributed by atoms with Crippen LogP contribution in [0, 0.1) is 12.8 Å². The maximum Gasteiger partial charge on any atom is 0.268 e. The average molecular weight is 429 g/mol. The Morgan fingerprint density at radius 3 is 2.62 bits per heavy atom. The van der Waals surface area contributed by atoms with Crippen molar-refractivity contribution in [2.45, 2.75) is 38.6 Å². The second kappa shape index (κ2) is 7.69. The molecule has 2 aliphatic rings. The molecule has 2 aromatic carbocycles. The third-order valence-corrected chi connectivity index (χ3v) is 7.16. The summed E-state index contributed by atoms with van der Waals surface area (Å²) in [4.78, 5) is 29.5. The first-order valence-electron chi connectivity index (χ1n) is 9.95. The lowest BCUT2D eigenvalue weighted by Crippen LogP contribution is -2.50. The molecule has 152 valence electrons. The number of hydrogen-bond donors (Lipinski definition) is 0. The summed E-state index contributed by atoms with van der Waals surface area (Å²) in [6, 6.07) is 13.8. The van der Waals surface area contributed by atoms with Gasteiger partial charge in [0.1, 0.15) is 0 Å². The van der Waals surface area contributed by atoms with Crippen molar-refractivity contribution in [1.29, 1.82) is 0 Å². The van der Waals surface area contributed by atoms with E-state index in [0.717, 1.165) is 22.6 Å². The number of hydrogen-bond acceptors (Lipinski definition) is 3. The zero-order chi connectivity index (χ0) is 20.8. The Morgan fingerprint density at radius 2 is 1.93 bits per heavy atom. The van der Waals surface area contributed by atoms with Gasteiger partial charge in [-0.3, -0.25) is 9.59 Å². The van der Waals surface area contributed by atoms with E-state index in [-0.39, 0.29) is 17.7 Å².